The second-order valence-electron chi connectivity index (χ2n) is 11.0. The number of hydrogen-bond acceptors (Lipinski definition) is 7. The maximum Gasteiger partial charge on any atom is 0.253 e. The standard InChI is InChI=1S/C30H37N7O2/c1-19-7-5-9-26(22(19)4)35-12-14-36(15-13-35)28(29-32-33-34-37(29)18-23-8-6-16-39-23)25-17-24-20(2)10-11-21(3)27(24)31-30(25)38/h5,7,9-11,17,23,28H,6,8,12-16,18H2,1-4H3,(H,31,38)/t23-,28+/m1/s1. The number of aromatic amines is 1. The summed E-state index contributed by atoms with van der Waals surface area (Å²) in [6.45, 7) is 13.1. The van der Waals surface area contributed by atoms with E-state index in [0.29, 0.717) is 17.9 Å². The molecule has 0 amide bonds. The third-order valence-corrected chi connectivity index (χ3v) is 8.57. The summed E-state index contributed by atoms with van der Waals surface area (Å²) in [5.74, 6) is 0.695. The minimum absolute atomic E-state index is 0.0915. The fourth-order valence-corrected chi connectivity index (χ4v) is 6.11. The average molecular weight is 528 g/mol. The predicted molar refractivity (Wildman–Crippen MR) is 152 cm³/mol. The highest BCUT2D eigenvalue weighted by molar-refractivity contribution is 5.85. The van der Waals surface area contributed by atoms with E-state index in [-0.39, 0.29) is 17.7 Å². The molecule has 2 saturated heterocycles. The second kappa shape index (κ2) is 10.5. The van der Waals surface area contributed by atoms with E-state index < -0.39 is 0 Å². The van der Waals surface area contributed by atoms with Crippen LogP contribution in [0, 0.1) is 27.7 Å². The molecule has 4 aromatic rings. The molecule has 6 rings (SSSR count). The van der Waals surface area contributed by atoms with Gasteiger partial charge in [0.2, 0.25) is 0 Å². The maximum absolute atomic E-state index is 13.7. The Morgan fingerprint density at radius 1 is 1.03 bits per heavy atom. The van der Waals surface area contributed by atoms with Gasteiger partial charge in [0.1, 0.15) is 6.04 Å². The maximum atomic E-state index is 13.7. The summed E-state index contributed by atoms with van der Waals surface area (Å²) in [4.78, 5) is 21.7. The number of fused-ring (bicyclic) bond motifs is 1. The van der Waals surface area contributed by atoms with Gasteiger partial charge in [-0.1, -0.05) is 24.3 Å². The first-order valence-corrected chi connectivity index (χ1v) is 14.0. The van der Waals surface area contributed by atoms with Gasteiger partial charge in [0.15, 0.2) is 5.82 Å². The summed E-state index contributed by atoms with van der Waals surface area (Å²) < 4.78 is 7.75. The van der Waals surface area contributed by atoms with Crippen LogP contribution in [0.3, 0.4) is 0 Å². The molecule has 1 N–H and O–H groups in total. The zero-order valence-electron chi connectivity index (χ0n) is 23.3. The Balaban J connectivity index is 1.39. The van der Waals surface area contributed by atoms with E-state index in [9.17, 15) is 4.79 Å². The lowest BCUT2D eigenvalue weighted by molar-refractivity contribution is 0.0906. The van der Waals surface area contributed by atoms with Crippen molar-refractivity contribution in [1.82, 2.24) is 30.1 Å². The molecule has 2 aliphatic rings. The molecular weight excluding hydrogens is 490 g/mol. The molecule has 39 heavy (non-hydrogen) atoms. The molecule has 2 aliphatic heterocycles. The van der Waals surface area contributed by atoms with Gasteiger partial charge < -0.3 is 14.6 Å². The van der Waals surface area contributed by atoms with Crippen LogP contribution in [-0.4, -0.2) is 69.0 Å². The summed E-state index contributed by atoms with van der Waals surface area (Å²) >= 11 is 0. The molecule has 204 valence electrons. The molecule has 0 saturated carbocycles. The van der Waals surface area contributed by atoms with Crippen molar-refractivity contribution in [2.24, 2.45) is 0 Å². The molecule has 2 aromatic heterocycles. The van der Waals surface area contributed by atoms with E-state index in [0.717, 1.165) is 67.7 Å². The van der Waals surface area contributed by atoms with Gasteiger partial charge in [0, 0.05) is 49.4 Å². The normalized spacial score (nSPS) is 19.2. The first kappa shape index (κ1) is 25.7. The molecule has 2 aromatic carbocycles. The van der Waals surface area contributed by atoms with E-state index in [1.165, 1.54) is 16.8 Å². The van der Waals surface area contributed by atoms with Crippen LogP contribution in [0.4, 0.5) is 5.69 Å². The highest BCUT2D eigenvalue weighted by Gasteiger charge is 2.34. The molecule has 0 aliphatic carbocycles. The van der Waals surface area contributed by atoms with Crippen molar-refractivity contribution in [2.75, 3.05) is 37.7 Å². The van der Waals surface area contributed by atoms with Gasteiger partial charge in [-0.25, -0.2) is 4.68 Å². The van der Waals surface area contributed by atoms with Crippen molar-refractivity contribution >= 4 is 16.6 Å². The van der Waals surface area contributed by atoms with Crippen molar-refractivity contribution in [2.45, 2.75) is 59.2 Å². The predicted octanol–water partition coefficient (Wildman–Crippen LogP) is 3.84. The lowest BCUT2D eigenvalue weighted by Crippen LogP contribution is -2.49. The third kappa shape index (κ3) is 4.85. The van der Waals surface area contributed by atoms with E-state index >= 15 is 0 Å². The number of tetrazole rings is 1. The Hall–Kier alpha value is -3.56. The van der Waals surface area contributed by atoms with Crippen molar-refractivity contribution in [3.8, 4) is 0 Å². The second-order valence-corrected chi connectivity index (χ2v) is 11.0. The molecule has 2 fully saturated rings. The summed E-state index contributed by atoms with van der Waals surface area (Å²) in [5, 5.41) is 14.0. The highest BCUT2D eigenvalue weighted by atomic mass is 16.5. The SMILES string of the molecule is Cc1cccc(N2CCN([C@@H](c3cc4c(C)ccc(C)c4[nH]c3=O)c3nnnn3C[C@H]3CCCO3)CC2)c1C. The number of anilines is 1. The van der Waals surface area contributed by atoms with Gasteiger partial charge in [-0.3, -0.25) is 9.69 Å². The molecule has 4 heterocycles. The molecule has 0 unspecified atom stereocenters. The van der Waals surface area contributed by atoms with Gasteiger partial charge in [-0.05, 0) is 85.3 Å². The molecule has 0 radical (unpaired) electrons. The lowest BCUT2D eigenvalue weighted by Gasteiger charge is -2.40. The summed E-state index contributed by atoms with van der Waals surface area (Å²) in [6.07, 6.45) is 2.14. The van der Waals surface area contributed by atoms with Gasteiger partial charge in [0.25, 0.3) is 5.56 Å². The number of rotatable bonds is 6. The quantitative estimate of drug-likeness (QED) is 0.407. The topological polar surface area (TPSA) is 92.2 Å². The minimum atomic E-state index is -0.366. The highest BCUT2D eigenvalue weighted by Crippen LogP contribution is 2.31. The number of hydrogen-bond donors (Lipinski definition) is 1. The number of benzene rings is 2. The minimum Gasteiger partial charge on any atom is -0.376 e. The first-order valence-electron chi connectivity index (χ1n) is 14.0. The van der Waals surface area contributed by atoms with Gasteiger partial charge in [-0.15, -0.1) is 5.10 Å². The summed E-state index contributed by atoms with van der Waals surface area (Å²) in [6, 6.07) is 12.4. The summed E-state index contributed by atoms with van der Waals surface area (Å²) in [5.41, 5.74) is 7.57. The summed E-state index contributed by atoms with van der Waals surface area (Å²) in [7, 11) is 0. The number of pyridine rings is 1. The fraction of sp³-hybridized carbons (Fsp3) is 0.467. The van der Waals surface area contributed by atoms with Crippen LogP contribution in [0.25, 0.3) is 10.9 Å². The Bertz CT molecular complexity index is 1540. The molecule has 0 spiro atoms. The van der Waals surface area contributed by atoms with Crippen LogP contribution in [0.2, 0.25) is 0 Å². The average Bonchev–Trinajstić information content (AvgIpc) is 3.62. The van der Waals surface area contributed by atoms with E-state index in [4.69, 9.17) is 4.74 Å². The number of nitrogens with zero attached hydrogens (tertiary/aromatic N) is 6. The van der Waals surface area contributed by atoms with Crippen LogP contribution < -0.4 is 10.5 Å². The Labute approximate surface area is 228 Å². The van der Waals surface area contributed by atoms with Gasteiger partial charge >= 0.3 is 0 Å². The lowest BCUT2D eigenvalue weighted by atomic mass is 9.99. The largest absolute Gasteiger partial charge is 0.376 e. The number of aryl methyl sites for hydroxylation is 3. The Kier molecular flexibility index (Phi) is 6.95. The van der Waals surface area contributed by atoms with Crippen LogP contribution >= 0.6 is 0 Å². The van der Waals surface area contributed by atoms with E-state index in [2.05, 4.69) is 87.5 Å². The Morgan fingerprint density at radius 2 is 1.82 bits per heavy atom. The van der Waals surface area contributed by atoms with Crippen LogP contribution in [0.5, 0.6) is 0 Å². The number of H-pyrrole nitrogens is 1. The number of ether oxygens (including phenoxy) is 1. The van der Waals surface area contributed by atoms with Crippen molar-refractivity contribution in [3.63, 3.8) is 0 Å². The van der Waals surface area contributed by atoms with Crippen molar-refractivity contribution in [1.29, 1.82) is 0 Å². The number of nitrogens with one attached hydrogen (secondary N) is 1. The zero-order chi connectivity index (χ0) is 27.1. The van der Waals surface area contributed by atoms with Crippen LogP contribution in [0.1, 0.15) is 52.5 Å². The third-order valence-electron chi connectivity index (χ3n) is 8.57. The molecule has 0 bridgehead atoms. The van der Waals surface area contributed by atoms with Crippen LogP contribution in [-0.2, 0) is 11.3 Å². The van der Waals surface area contributed by atoms with Crippen molar-refractivity contribution in [3.05, 3.63) is 80.4 Å². The van der Waals surface area contributed by atoms with Crippen LogP contribution in [0.15, 0.2) is 41.2 Å². The Morgan fingerprint density at radius 3 is 2.59 bits per heavy atom. The fourth-order valence-electron chi connectivity index (χ4n) is 6.11. The molecular formula is C30H37N7O2. The zero-order valence-corrected chi connectivity index (χ0v) is 23.3. The number of piperazine rings is 1. The van der Waals surface area contributed by atoms with Gasteiger partial charge in [0.05, 0.1) is 18.2 Å². The van der Waals surface area contributed by atoms with E-state index in [1.807, 2.05) is 11.6 Å². The monoisotopic (exact) mass is 527 g/mol. The number of aromatic nitrogens is 5. The smallest absolute Gasteiger partial charge is 0.253 e. The first-order chi connectivity index (χ1) is 18.9. The molecule has 9 heteroatoms. The van der Waals surface area contributed by atoms with Crippen molar-refractivity contribution < 1.29 is 4.74 Å². The molecule has 2 atom stereocenters. The van der Waals surface area contributed by atoms with E-state index in [1.54, 1.807) is 0 Å². The molecule has 9 nitrogen and oxygen atoms in total. The van der Waals surface area contributed by atoms with Gasteiger partial charge in [-0.2, -0.15) is 0 Å².